The highest BCUT2D eigenvalue weighted by atomic mass is 19.1. The van der Waals surface area contributed by atoms with Gasteiger partial charge >= 0.3 is 12.1 Å². The normalized spacial score (nSPS) is 10.2. The first-order chi connectivity index (χ1) is 16.5. The van der Waals surface area contributed by atoms with Crippen molar-refractivity contribution in [1.29, 1.82) is 5.26 Å². The van der Waals surface area contributed by atoms with E-state index in [0.717, 1.165) is 10.5 Å². The molecule has 174 valence electrons. The number of ether oxygens (including phenoxy) is 1. The van der Waals surface area contributed by atoms with Crippen molar-refractivity contribution in [3.05, 3.63) is 77.6 Å². The van der Waals surface area contributed by atoms with Gasteiger partial charge in [-0.15, -0.1) is 0 Å². The average molecular weight is 461 g/mol. The van der Waals surface area contributed by atoms with Crippen LogP contribution in [0.1, 0.15) is 18.1 Å². The number of urea groups is 1. The second-order valence-electron chi connectivity index (χ2n) is 7.20. The third kappa shape index (κ3) is 5.86. The highest BCUT2D eigenvalue weighted by molar-refractivity contribution is 6.00. The molecule has 3 amide bonds. The lowest BCUT2D eigenvalue weighted by atomic mass is 10.0. The third-order valence-corrected chi connectivity index (χ3v) is 5.01. The summed E-state index contributed by atoms with van der Waals surface area (Å²) >= 11 is 0. The molecule has 0 aliphatic heterocycles. The maximum absolute atomic E-state index is 13.5. The Kier molecular flexibility index (Phi) is 8.13. The Morgan fingerprint density at radius 1 is 1.15 bits per heavy atom. The number of anilines is 2. The van der Waals surface area contributed by atoms with Crippen molar-refractivity contribution >= 4 is 23.6 Å². The Balaban J connectivity index is 1.90. The van der Waals surface area contributed by atoms with Gasteiger partial charge < -0.3 is 15.4 Å². The molecule has 0 aliphatic rings. The first-order valence-corrected chi connectivity index (χ1v) is 10.6. The Morgan fingerprint density at radius 3 is 2.65 bits per heavy atom. The largest absolute Gasteiger partial charge is 0.452 e. The molecule has 3 rings (SSSR count). The minimum Gasteiger partial charge on any atom is -0.452 e. The quantitative estimate of drug-likeness (QED) is 0.511. The van der Waals surface area contributed by atoms with Gasteiger partial charge in [0, 0.05) is 18.7 Å². The van der Waals surface area contributed by atoms with E-state index in [1.807, 2.05) is 6.07 Å². The van der Waals surface area contributed by atoms with E-state index in [-0.39, 0.29) is 12.4 Å². The molecule has 2 aromatic carbocycles. The summed E-state index contributed by atoms with van der Waals surface area (Å²) in [5.74, 6) is 0.0251. The average Bonchev–Trinajstić information content (AvgIpc) is 2.85. The molecule has 0 fully saturated rings. The van der Waals surface area contributed by atoms with E-state index in [4.69, 9.17) is 0 Å². The van der Waals surface area contributed by atoms with Crippen LogP contribution in [-0.2, 0) is 11.2 Å². The van der Waals surface area contributed by atoms with Gasteiger partial charge in [0.15, 0.2) is 5.82 Å². The topological polar surface area (TPSA) is 107 Å². The SMILES string of the molecule is CCN(C(=O)Nc1ccc(-c2ccccc2C#N)nc1NCCc1cccc(F)c1)C(=O)OC. The third-order valence-electron chi connectivity index (χ3n) is 5.01. The van der Waals surface area contributed by atoms with Gasteiger partial charge in [0.2, 0.25) is 0 Å². The molecular formula is C25H24FN5O3. The highest BCUT2D eigenvalue weighted by Gasteiger charge is 2.22. The maximum atomic E-state index is 13.5. The van der Waals surface area contributed by atoms with Gasteiger partial charge in [-0.25, -0.2) is 23.9 Å². The van der Waals surface area contributed by atoms with Crippen molar-refractivity contribution in [2.45, 2.75) is 13.3 Å². The van der Waals surface area contributed by atoms with Crippen molar-refractivity contribution in [2.24, 2.45) is 0 Å². The monoisotopic (exact) mass is 461 g/mol. The first kappa shape index (κ1) is 24.2. The van der Waals surface area contributed by atoms with Gasteiger partial charge in [-0.3, -0.25) is 0 Å². The summed E-state index contributed by atoms with van der Waals surface area (Å²) < 4.78 is 18.1. The van der Waals surface area contributed by atoms with Crippen molar-refractivity contribution < 1.29 is 18.7 Å². The van der Waals surface area contributed by atoms with Gasteiger partial charge in [0.05, 0.1) is 30.1 Å². The van der Waals surface area contributed by atoms with Gasteiger partial charge in [0.1, 0.15) is 5.82 Å². The summed E-state index contributed by atoms with van der Waals surface area (Å²) in [6.45, 7) is 2.16. The summed E-state index contributed by atoms with van der Waals surface area (Å²) in [4.78, 5) is 30.1. The number of methoxy groups -OCH3 is 1. The molecule has 0 atom stereocenters. The number of nitrogens with zero attached hydrogens (tertiary/aromatic N) is 3. The number of amides is 3. The van der Waals surface area contributed by atoms with Crippen molar-refractivity contribution in [3.8, 4) is 17.3 Å². The molecule has 0 unspecified atom stereocenters. The van der Waals surface area contributed by atoms with E-state index in [2.05, 4.69) is 26.4 Å². The van der Waals surface area contributed by atoms with Crippen LogP contribution >= 0.6 is 0 Å². The van der Waals surface area contributed by atoms with Crippen LogP contribution in [0.5, 0.6) is 0 Å². The van der Waals surface area contributed by atoms with E-state index < -0.39 is 12.1 Å². The van der Waals surface area contributed by atoms with Gasteiger partial charge in [0.25, 0.3) is 0 Å². The zero-order chi connectivity index (χ0) is 24.5. The zero-order valence-corrected chi connectivity index (χ0v) is 18.8. The van der Waals surface area contributed by atoms with Crippen molar-refractivity contribution in [1.82, 2.24) is 9.88 Å². The molecule has 8 nitrogen and oxygen atoms in total. The summed E-state index contributed by atoms with van der Waals surface area (Å²) in [6, 6.07) is 18.1. The number of aromatic nitrogens is 1. The van der Waals surface area contributed by atoms with Crippen LogP contribution < -0.4 is 10.6 Å². The number of nitriles is 1. The molecule has 0 radical (unpaired) electrons. The molecular weight excluding hydrogens is 437 g/mol. The lowest BCUT2D eigenvalue weighted by molar-refractivity contribution is 0.134. The lowest BCUT2D eigenvalue weighted by Crippen LogP contribution is -2.39. The van der Waals surface area contributed by atoms with Gasteiger partial charge in [-0.05, 0) is 49.2 Å². The second kappa shape index (κ2) is 11.4. The molecule has 34 heavy (non-hydrogen) atoms. The number of rotatable bonds is 7. The predicted molar refractivity (Wildman–Crippen MR) is 127 cm³/mol. The van der Waals surface area contributed by atoms with Crippen LogP contribution in [0.25, 0.3) is 11.3 Å². The van der Waals surface area contributed by atoms with E-state index in [0.29, 0.717) is 41.3 Å². The van der Waals surface area contributed by atoms with Crippen LogP contribution in [0.2, 0.25) is 0 Å². The minimum absolute atomic E-state index is 0.113. The molecule has 0 saturated carbocycles. The molecule has 3 aromatic rings. The Hall–Kier alpha value is -4.45. The van der Waals surface area contributed by atoms with Crippen LogP contribution in [0, 0.1) is 17.1 Å². The van der Waals surface area contributed by atoms with Crippen molar-refractivity contribution in [3.63, 3.8) is 0 Å². The summed E-state index contributed by atoms with van der Waals surface area (Å²) in [5, 5.41) is 15.3. The minimum atomic E-state index is -0.784. The summed E-state index contributed by atoms with van der Waals surface area (Å²) in [7, 11) is 1.20. The maximum Gasteiger partial charge on any atom is 0.417 e. The van der Waals surface area contributed by atoms with Gasteiger partial charge in [-0.2, -0.15) is 5.26 Å². The van der Waals surface area contributed by atoms with E-state index in [1.165, 1.54) is 19.2 Å². The fraction of sp³-hybridized carbons (Fsp3) is 0.200. The van der Waals surface area contributed by atoms with E-state index in [9.17, 15) is 19.2 Å². The number of halogens is 1. The number of carbonyl (C=O) groups is 2. The number of benzene rings is 2. The number of imide groups is 1. The number of nitrogens with one attached hydrogen (secondary N) is 2. The number of carbonyl (C=O) groups excluding carboxylic acids is 2. The summed E-state index contributed by atoms with van der Waals surface area (Å²) in [6.07, 6.45) is -0.275. The highest BCUT2D eigenvalue weighted by Crippen LogP contribution is 2.28. The van der Waals surface area contributed by atoms with Crippen LogP contribution in [0.4, 0.5) is 25.5 Å². The molecule has 0 bridgehead atoms. The molecule has 0 saturated heterocycles. The Morgan fingerprint density at radius 2 is 1.94 bits per heavy atom. The summed E-state index contributed by atoms with van der Waals surface area (Å²) in [5.41, 5.74) is 2.77. The fourth-order valence-corrected chi connectivity index (χ4v) is 3.31. The Labute approximate surface area is 197 Å². The predicted octanol–water partition coefficient (Wildman–Crippen LogP) is 5.03. The number of pyridine rings is 1. The first-order valence-electron chi connectivity index (χ1n) is 10.6. The van der Waals surface area contributed by atoms with E-state index >= 15 is 0 Å². The smallest absolute Gasteiger partial charge is 0.417 e. The second-order valence-corrected chi connectivity index (χ2v) is 7.20. The molecule has 1 aromatic heterocycles. The fourth-order valence-electron chi connectivity index (χ4n) is 3.31. The zero-order valence-electron chi connectivity index (χ0n) is 18.8. The van der Waals surface area contributed by atoms with Crippen molar-refractivity contribution in [2.75, 3.05) is 30.8 Å². The van der Waals surface area contributed by atoms with Crippen LogP contribution in [-0.4, -0.2) is 42.2 Å². The molecule has 9 heteroatoms. The van der Waals surface area contributed by atoms with Gasteiger partial charge in [-0.1, -0.05) is 30.3 Å². The number of hydrogen-bond acceptors (Lipinski definition) is 6. The van der Waals surface area contributed by atoms with Crippen LogP contribution in [0.15, 0.2) is 60.7 Å². The van der Waals surface area contributed by atoms with E-state index in [1.54, 1.807) is 49.4 Å². The molecule has 0 spiro atoms. The van der Waals surface area contributed by atoms with Crippen LogP contribution in [0.3, 0.4) is 0 Å². The molecule has 0 aliphatic carbocycles. The molecule has 2 N–H and O–H groups in total. The standard InChI is InChI=1S/C25H24FN5O3/c1-3-31(25(33)34-2)24(32)30-22-12-11-21(20-10-5-4-8-18(20)16-27)29-23(22)28-14-13-17-7-6-9-19(26)15-17/h4-12,15H,3,13-14H2,1-2H3,(H,28,29)(H,30,32). The lowest BCUT2D eigenvalue weighted by Gasteiger charge is -2.20. The number of hydrogen-bond donors (Lipinski definition) is 2. The molecule has 1 heterocycles. The Bertz CT molecular complexity index is 1230.